The molecule has 0 aliphatic rings. The first-order valence-corrected chi connectivity index (χ1v) is 7.16. The molecule has 0 saturated heterocycles. The van der Waals surface area contributed by atoms with Crippen molar-refractivity contribution in [2.45, 2.75) is 20.5 Å². The van der Waals surface area contributed by atoms with Crippen LogP contribution in [-0.2, 0) is 11.3 Å². The van der Waals surface area contributed by atoms with E-state index in [0.717, 1.165) is 20.9 Å². The average Bonchev–Trinajstić information content (AvgIpc) is 2.88. The van der Waals surface area contributed by atoms with Gasteiger partial charge in [-0.25, -0.2) is 0 Å². The van der Waals surface area contributed by atoms with E-state index in [9.17, 15) is 4.79 Å². The summed E-state index contributed by atoms with van der Waals surface area (Å²) < 4.78 is 5.22. The third-order valence-corrected chi connectivity index (χ3v) is 4.09. The average molecular weight is 274 g/mol. The van der Waals surface area contributed by atoms with E-state index in [1.165, 1.54) is 0 Å². The van der Waals surface area contributed by atoms with Crippen LogP contribution in [0.25, 0.3) is 10.4 Å². The van der Waals surface area contributed by atoms with Crippen molar-refractivity contribution in [3.8, 4) is 10.4 Å². The van der Waals surface area contributed by atoms with E-state index in [2.05, 4.69) is 12.1 Å². The maximum absolute atomic E-state index is 12.0. The molecular weight excluding hydrogens is 256 g/mol. The molecule has 0 bridgehead atoms. The zero-order valence-corrected chi connectivity index (χ0v) is 12.3. The number of hydrogen-bond acceptors (Lipinski definition) is 3. The molecule has 0 unspecified atom stereocenters. The number of hydrogen-bond donors (Lipinski definition) is 0. The third kappa shape index (κ3) is 3.11. The molecule has 0 saturated carbocycles. The van der Waals surface area contributed by atoms with E-state index >= 15 is 0 Å². The number of benzene rings is 1. The fourth-order valence-electron chi connectivity index (χ4n) is 1.94. The van der Waals surface area contributed by atoms with Crippen molar-refractivity contribution >= 4 is 17.1 Å². The summed E-state index contributed by atoms with van der Waals surface area (Å²) in [6.07, 6.45) is 0. The molecule has 100 valence electrons. The molecule has 3 heteroatoms. The number of Topliss-reactive ketones (excluding diaryl/α,β-unsaturated/α-hetero) is 1. The largest absolute Gasteiger partial charge is 0.380 e. The second-order valence-corrected chi connectivity index (χ2v) is 5.86. The Hall–Kier alpha value is -1.45. The predicted octanol–water partition coefficient (Wildman–Crippen LogP) is 4.40. The van der Waals surface area contributed by atoms with Crippen molar-refractivity contribution in [2.75, 3.05) is 7.11 Å². The minimum Gasteiger partial charge on any atom is -0.380 e. The molecule has 2 aromatic rings. The molecule has 0 atom stereocenters. The molecule has 0 radical (unpaired) electrons. The quantitative estimate of drug-likeness (QED) is 0.755. The summed E-state index contributed by atoms with van der Waals surface area (Å²) in [6, 6.07) is 12.1. The number of ketones is 1. The minimum atomic E-state index is 0.0423. The van der Waals surface area contributed by atoms with E-state index in [1.807, 2.05) is 38.1 Å². The fraction of sp³-hybridized carbons (Fsp3) is 0.312. The van der Waals surface area contributed by atoms with Crippen molar-refractivity contribution in [3.05, 3.63) is 46.8 Å². The van der Waals surface area contributed by atoms with E-state index < -0.39 is 0 Å². The number of carbonyl (C=O) groups is 1. The first-order valence-electron chi connectivity index (χ1n) is 6.34. The molecule has 0 spiro atoms. The van der Waals surface area contributed by atoms with Crippen molar-refractivity contribution in [1.82, 2.24) is 0 Å². The van der Waals surface area contributed by atoms with Crippen molar-refractivity contribution in [1.29, 1.82) is 0 Å². The highest BCUT2D eigenvalue weighted by Crippen LogP contribution is 2.32. The summed E-state index contributed by atoms with van der Waals surface area (Å²) >= 11 is 1.56. The second-order valence-electron chi connectivity index (χ2n) is 4.77. The van der Waals surface area contributed by atoms with Crippen molar-refractivity contribution in [2.24, 2.45) is 5.92 Å². The van der Waals surface area contributed by atoms with E-state index in [0.29, 0.717) is 6.61 Å². The van der Waals surface area contributed by atoms with Crippen LogP contribution < -0.4 is 0 Å². The van der Waals surface area contributed by atoms with E-state index in [-0.39, 0.29) is 11.7 Å². The normalized spacial score (nSPS) is 10.9. The molecule has 0 aliphatic carbocycles. The summed E-state index contributed by atoms with van der Waals surface area (Å²) in [5, 5.41) is 0. The van der Waals surface area contributed by atoms with Crippen LogP contribution in [0.2, 0.25) is 0 Å². The molecule has 0 aliphatic heterocycles. The Balaban J connectivity index is 2.35. The number of ether oxygens (including phenoxy) is 1. The van der Waals surface area contributed by atoms with Crippen molar-refractivity contribution in [3.63, 3.8) is 0 Å². The Bertz CT molecular complexity index is 570. The van der Waals surface area contributed by atoms with Gasteiger partial charge in [0.25, 0.3) is 0 Å². The molecule has 1 heterocycles. The molecule has 0 fully saturated rings. The maximum atomic E-state index is 12.0. The standard InChI is InChI=1S/C16H18O2S/c1-11(2)16(17)15-9-8-14(19-15)13-7-5-4-6-12(13)10-18-3/h4-9,11H,10H2,1-3H3. The van der Waals surface area contributed by atoms with Crippen LogP contribution in [0.1, 0.15) is 29.1 Å². The topological polar surface area (TPSA) is 26.3 Å². The molecule has 19 heavy (non-hydrogen) atoms. The third-order valence-electron chi connectivity index (χ3n) is 2.96. The predicted molar refractivity (Wildman–Crippen MR) is 79.6 cm³/mol. The van der Waals surface area contributed by atoms with E-state index in [4.69, 9.17) is 4.74 Å². The van der Waals surface area contributed by atoms with Crippen LogP contribution in [0.3, 0.4) is 0 Å². The number of methoxy groups -OCH3 is 1. The summed E-state index contributed by atoms with van der Waals surface area (Å²) in [5.41, 5.74) is 2.30. The Morgan fingerprint density at radius 2 is 1.95 bits per heavy atom. The Morgan fingerprint density at radius 3 is 2.63 bits per heavy atom. The second kappa shape index (κ2) is 6.13. The maximum Gasteiger partial charge on any atom is 0.175 e. The lowest BCUT2D eigenvalue weighted by Crippen LogP contribution is -2.04. The van der Waals surface area contributed by atoms with Gasteiger partial charge in [0.15, 0.2) is 5.78 Å². The Morgan fingerprint density at radius 1 is 1.21 bits per heavy atom. The molecule has 2 rings (SSSR count). The van der Waals surface area contributed by atoms with Gasteiger partial charge in [-0.05, 0) is 23.3 Å². The van der Waals surface area contributed by atoms with Gasteiger partial charge in [-0.1, -0.05) is 38.1 Å². The van der Waals surface area contributed by atoms with Gasteiger partial charge in [0.05, 0.1) is 11.5 Å². The minimum absolute atomic E-state index is 0.0423. The highest BCUT2D eigenvalue weighted by atomic mass is 32.1. The van der Waals surface area contributed by atoms with Crippen LogP contribution in [0.5, 0.6) is 0 Å². The molecule has 2 nitrogen and oxygen atoms in total. The van der Waals surface area contributed by atoms with Crippen LogP contribution in [0, 0.1) is 5.92 Å². The van der Waals surface area contributed by atoms with Crippen LogP contribution >= 0.6 is 11.3 Å². The first kappa shape index (κ1) is 14.0. The monoisotopic (exact) mass is 274 g/mol. The highest BCUT2D eigenvalue weighted by molar-refractivity contribution is 7.17. The van der Waals surface area contributed by atoms with Gasteiger partial charge in [0, 0.05) is 17.9 Å². The summed E-state index contributed by atoms with van der Waals surface area (Å²) in [5.74, 6) is 0.251. The lowest BCUT2D eigenvalue weighted by molar-refractivity contribution is 0.0943. The van der Waals surface area contributed by atoms with Gasteiger partial charge < -0.3 is 4.74 Å². The lowest BCUT2D eigenvalue weighted by Gasteiger charge is -2.06. The van der Waals surface area contributed by atoms with Gasteiger partial charge in [0.2, 0.25) is 0 Å². The summed E-state index contributed by atoms with van der Waals surface area (Å²) in [7, 11) is 1.69. The molecule has 1 aromatic carbocycles. The highest BCUT2D eigenvalue weighted by Gasteiger charge is 2.14. The summed E-state index contributed by atoms with van der Waals surface area (Å²) in [6.45, 7) is 4.45. The lowest BCUT2D eigenvalue weighted by atomic mass is 10.1. The molecular formula is C16H18O2S. The fourth-order valence-corrected chi connectivity index (χ4v) is 3.10. The van der Waals surface area contributed by atoms with Gasteiger partial charge in [-0.15, -0.1) is 11.3 Å². The van der Waals surface area contributed by atoms with Gasteiger partial charge in [0.1, 0.15) is 0 Å². The molecule has 0 amide bonds. The zero-order valence-electron chi connectivity index (χ0n) is 11.5. The van der Waals surface area contributed by atoms with Gasteiger partial charge >= 0.3 is 0 Å². The SMILES string of the molecule is COCc1ccccc1-c1ccc(C(=O)C(C)C)s1. The number of carbonyl (C=O) groups excluding carboxylic acids is 1. The molecule has 0 N–H and O–H groups in total. The summed E-state index contributed by atoms with van der Waals surface area (Å²) in [4.78, 5) is 13.9. The smallest absolute Gasteiger partial charge is 0.175 e. The first-order chi connectivity index (χ1) is 9.13. The zero-order chi connectivity index (χ0) is 13.8. The Labute approximate surface area is 118 Å². The molecule has 1 aromatic heterocycles. The van der Waals surface area contributed by atoms with Gasteiger partial charge in [-0.3, -0.25) is 4.79 Å². The Kier molecular flexibility index (Phi) is 4.51. The van der Waals surface area contributed by atoms with Gasteiger partial charge in [-0.2, -0.15) is 0 Å². The number of rotatable bonds is 5. The van der Waals surface area contributed by atoms with Crippen LogP contribution in [0.4, 0.5) is 0 Å². The van der Waals surface area contributed by atoms with Crippen molar-refractivity contribution < 1.29 is 9.53 Å². The van der Waals surface area contributed by atoms with Crippen LogP contribution in [-0.4, -0.2) is 12.9 Å². The van der Waals surface area contributed by atoms with E-state index in [1.54, 1.807) is 18.4 Å². The number of thiophene rings is 1. The van der Waals surface area contributed by atoms with Crippen LogP contribution in [0.15, 0.2) is 36.4 Å².